The van der Waals surface area contributed by atoms with Gasteiger partial charge in [0, 0.05) is 10.6 Å². The molecule has 2 aromatic rings. The molecular formula is C15H14ClFO2. The zero-order chi connectivity index (χ0) is 13.8. The van der Waals surface area contributed by atoms with Crippen LogP contribution in [0.15, 0.2) is 42.5 Å². The Morgan fingerprint density at radius 1 is 1.21 bits per heavy atom. The highest BCUT2D eigenvalue weighted by Gasteiger charge is 2.05. The van der Waals surface area contributed by atoms with Gasteiger partial charge in [-0.3, -0.25) is 0 Å². The van der Waals surface area contributed by atoms with E-state index in [1.165, 1.54) is 12.1 Å². The second kappa shape index (κ2) is 6.04. The summed E-state index contributed by atoms with van der Waals surface area (Å²) in [6, 6.07) is 11.4. The second-order valence-corrected chi connectivity index (χ2v) is 4.71. The molecule has 1 N–H and O–H groups in total. The van der Waals surface area contributed by atoms with Gasteiger partial charge in [0.25, 0.3) is 0 Å². The maximum Gasteiger partial charge on any atom is 0.129 e. The van der Waals surface area contributed by atoms with Gasteiger partial charge in [-0.1, -0.05) is 23.7 Å². The molecule has 2 rings (SSSR count). The Morgan fingerprint density at radius 2 is 1.89 bits per heavy atom. The molecule has 0 aliphatic heterocycles. The molecular weight excluding hydrogens is 267 g/mol. The third-order valence-corrected chi connectivity index (χ3v) is 3.00. The number of rotatable bonds is 4. The molecule has 0 fully saturated rings. The Balaban J connectivity index is 2.04. The number of hydrogen-bond donors (Lipinski definition) is 1. The fraction of sp³-hybridized carbons (Fsp3) is 0.200. The first-order valence-electron chi connectivity index (χ1n) is 5.91. The highest BCUT2D eigenvalue weighted by atomic mass is 35.5. The molecule has 0 aromatic heterocycles. The van der Waals surface area contributed by atoms with Crippen molar-refractivity contribution in [1.82, 2.24) is 0 Å². The van der Waals surface area contributed by atoms with E-state index in [-0.39, 0.29) is 12.4 Å². The molecule has 0 radical (unpaired) electrons. The van der Waals surface area contributed by atoms with Crippen molar-refractivity contribution in [2.24, 2.45) is 0 Å². The summed E-state index contributed by atoms with van der Waals surface area (Å²) in [5, 5.41) is 9.86. The van der Waals surface area contributed by atoms with Crippen LogP contribution in [0, 0.1) is 5.82 Å². The first-order valence-corrected chi connectivity index (χ1v) is 6.29. The topological polar surface area (TPSA) is 29.5 Å². The fourth-order valence-corrected chi connectivity index (χ4v) is 1.85. The number of aliphatic hydroxyl groups excluding tert-OH is 1. The van der Waals surface area contributed by atoms with Crippen molar-refractivity contribution < 1.29 is 14.2 Å². The van der Waals surface area contributed by atoms with Gasteiger partial charge >= 0.3 is 0 Å². The first-order chi connectivity index (χ1) is 9.06. The lowest BCUT2D eigenvalue weighted by atomic mass is 10.1. The Kier molecular flexibility index (Phi) is 4.40. The fourth-order valence-electron chi connectivity index (χ4n) is 1.66. The molecule has 0 aliphatic carbocycles. The third kappa shape index (κ3) is 3.69. The van der Waals surface area contributed by atoms with Gasteiger partial charge in [0.15, 0.2) is 0 Å². The maximum atomic E-state index is 13.5. The van der Waals surface area contributed by atoms with Crippen LogP contribution in [0.3, 0.4) is 0 Å². The van der Waals surface area contributed by atoms with E-state index in [0.29, 0.717) is 16.3 Å². The molecule has 0 saturated heterocycles. The van der Waals surface area contributed by atoms with E-state index in [1.54, 1.807) is 37.3 Å². The van der Waals surface area contributed by atoms with E-state index < -0.39 is 6.10 Å². The molecule has 2 aromatic carbocycles. The second-order valence-electron chi connectivity index (χ2n) is 4.27. The molecule has 0 heterocycles. The number of hydrogen-bond acceptors (Lipinski definition) is 2. The molecule has 19 heavy (non-hydrogen) atoms. The van der Waals surface area contributed by atoms with Crippen LogP contribution in [0.25, 0.3) is 0 Å². The van der Waals surface area contributed by atoms with Gasteiger partial charge in [-0.2, -0.15) is 0 Å². The Bertz CT molecular complexity index is 553. The number of benzene rings is 2. The Hall–Kier alpha value is -1.58. The molecule has 0 amide bonds. The lowest BCUT2D eigenvalue weighted by molar-refractivity contribution is 0.199. The van der Waals surface area contributed by atoms with Crippen LogP contribution < -0.4 is 4.74 Å². The summed E-state index contributed by atoms with van der Waals surface area (Å²) >= 11 is 5.80. The van der Waals surface area contributed by atoms with Crippen molar-refractivity contribution >= 4 is 11.6 Å². The minimum atomic E-state index is -0.514. The lowest BCUT2D eigenvalue weighted by Crippen LogP contribution is -1.99. The van der Waals surface area contributed by atoms with Crippen LogP contribution >= 0.6 is 11.6 Å². The smallest absolute Gasteiger partial charge is 0.129 e. The summed E-state index contributed by atoms with van der Waals surface area (Å²) in [5.74, 6) is 0.272. The van der Waals surface area contributed by atoms with Crippen molar-refractivity contribution in [3.05, 3.63) is 64.4 Å². The Morgan fingerprint density at radius 3 is 2.53 bits per heavy atom. The van der Waals surface area contributed by atoms with Gasteiger partial charge in [0.2, 0.25) is 0 Å². The summed E-state index contributed by atoms with van der Waals surface area (Å²) in [6.07, 6.45) is -0.514. The van der Waals surface area contributed by atoms with Gasteiger partial charge in [-0.05, 0) is 42.8 Å². The number of ether oxygens (including phenoxy) is 1. The lowest BCUT2D eigenvalue weighted by Gasteiger charge is -2.09. The number of halogens is 2. The van der Waals surface area contributed by atoms with Gasteiger partial charge in [-0.25, -0.2) is 4.39 Å². The summed E-state index contributed by atoms with van der Waals surface area (Å²) in [6.45, 7) is 1.80. The summed E-state index contributed by atoms with van der Waals surface area (Å²) in [4.78, 5) is 0. The van der Waals surface area contributed by atoms with E-state index in [4.69, 9.17) is 16.3 Å². The third-order valence-electron chi connectivity index (χ3n) is 2.76. The summed E-state index contributed by atoms with van der Waals surface area (Å²) in [7, 11) is 0. The standard InChI is InChI=1S/C15H14ClFO2/c1-10(18)11-2-5-14(6-3-11)19-9-12-8-13(16)4-7-15(12)17/h2-8,10,18H,9H2,1H3. The highest BCUT2D eigenvalue weighted by Crippen LogP contribution is 2.20. The predicted octanol–water partition coefficient (Wildman–Crippen LogP) is 4.11. The van der Waals surface area contributed by atoms with Crippen LogP contribution in [0.4, 0.5) is 4.39 Å². The monoisotopic (exact) mass is 280 g/mol. The van der Waals surface area contributed by atoms with E-state index in [2.05, 4.69) is 0 Å². The SMILES string of the molecule is CC(O)c1ccc(OCc2cc(Cl)ccc2F)cc1. The van der Waals surface area contributed by atoms with Gasteiger partial charge in [0.05, 0.1) is 6.10 Å². The van der Waals surface area contributed by atoms with Crippen LogP contribution in [-0.4, -0.2) is 5.11 Å². The maximum absolute atomic E-state index is 13.5. The molecule has 0 spiro atoms. The quantitative estimate of drug-likeness (QED) is 0.913. The summed E-state index contributed by atoms with van der Waals surface area (Å²) < 4.78 is 19.0. The van der Waals surface area contributed by atoms with Crippen molar-refractivity contribution in [3.63, 3.8) is 0 Å². The zero-order valence-corrected chi connectivity index (χ0v) is 11.2. The van der Waals surface area contributed by atoms with Crippen molar-refractivity contribution in [2.75, 3.05) is 0 Å². The average Bonchev–Trinajstić information content (AvgIpc) is 2.40. The van der Waals surface area contributed by atoms with Crippen LogP contribution in [-0.2, 0) is 6.61 Å². The van der Waals surface area contributed by atoms with E-state index in [1.807, 2.05) is 0 Å². The first kappa shape index (κ1) is 13.8. The van der Waals surface area contributed by atoms with E-state index in [9.17, 15) is 9.50 Å². The predicted molar refractivity (Wildman–Crippen MR) is 72.8 cm³/mol. The van der Waals surface area contributed by atoms with Crippen molar-refractivity contribution in [2.45, 2.75) is 19.6 Å². The average molecular weight is 281 g/mol. The van der Waals surface area contributed by atoms with Crippen LogP contribution in [0.5, 0.6) is 5.75 Å². The largest absolute Gasteiger partial charge is 0.489 e. The molecule has 100 valence electrons. The normalized spacial score (nSPS) is 12.2. The molecule has 1 atom stereocenters. The molecule has 2 nitrogen and oxygen atoms in total. The van der Waals surface area contributed by atoms with Gasteiger partial charge < -0.3 is 9.84 Å². The van der Waals surface area contributed by atoms with Gasteiger partial charge in [0.1, 0.15) is 18.2 Å². The minimum absolute atomic E-state index is 0.112. The highest BCUT2D eigenvalue weighted by molar-refractivity contribution is 6.30. The zero-order valence-electron chi connectivity index (χ0n) is 10.4. The van der Waals surface area contributed by atoms with Crippen LogP contribution in [0.1, 0.15) is 24.2 Å². The van der Waals surface area contributed by atoms with E-state index in [0.717, 1.165) is 5.56 Å². The van der Waals surface area contributed by atoms with Crippen molar-refractivity contribution in [1.29, 1.82) is 0 Å². The molecule has 4 heteroatoms. The summed E-state index contributed by atoms with van der Waals surface area (Å²) in [5.41, 5.74) is 1.22. The molecule has 0 aliphatic rings. The van der Waals surface area contributed by atoms with E-state index >= 15 is 0 Å². The number of aliphatic hydroxyl groups is 1. The van der Waals surface area contributed by atoms with Crippen LogP contribution in [0.2, 0.25) is 5.02 Å². The molecule has 0 saturated carbocycles. The Labute approximate surface area is 116 Å². The van der Waals surface area contributed by atoms with Gasteiger partial charge in [-0.15, -0.1) is 0 Å². The minimum Gasteiger partial charge on any atom is -0.489 e. The molecule has 0 bridgehead atoms. The molecule has 1 unspecified atom stereocenters. The van der Waals surface area contributed by atoms with Crippen molar-refractivity contribution in [3.8, 4) is 5.75 Å².